The van der Waals surface area contributed by atoms with E-state index in [0.29, 0.717) is 5.25 Å². The predicted molar refractivity (Wildman–Crippen MR) is 78.2 cm³/mol. The SMILES string of the molecule is COc1ccc(C)cc1C(N)C1CSCCS1. The first-order valence-electron chi connectivity index (χ1n) is 5.82. The van der Waals surface area contributed by atoms with E-state index in [1.807, 2.05) is 29.6 Å². The molecule has 17 heavy (non-hydrogen) atoms. The van der Waals surface area contributed by atoms with E-state index in [1.54, 1.807) is 7.11 Å². The van der Waals surface area contributed by atoms with Crippen LogP contribution in [0, 0.1) is 6.92 Å². The molecule has 2 unspecified atom stereocenters. The molecule has 1 aromatic carbocycles. The number of methoxy groups -OCH3 is 1. The summed E-state index contributed by atoms with van der Waals surface area (Å²) in [6.45, 7) is 2.10. The molecule has 1 fully saturated rings. The summed E-state index contributed by atoms with van der Waals surface area (Å²) in [5, 5.41) is 0.504. The van der Waals surface area contributed by atoms with Crippen LogP contribution in [0.4, 0.5) is 0 Å². The highest BCUT2D eigenvalue weighted by atomic mass is 32.2. The van der Waals surface area contributed by atoms with Gasteiger partial charge in [-0.25, -0.2) is 0 Å². The molecule has 0 radical (unpaired) electrons. The molecule has 2 atom stereocenters. The minimum Gasteiger partial charge on any atom is -0.496 e. The molecule has 0 aromatic heterocycles. The normalized spacial score (nSPS) is 22.2. The summed E-state index contributed by atoms with van der Waals surface area (Å²) in [4.78, 5) is 0. The smallest absolute Gasteiger partial charge is 0.123 e. The van der Waals surface area contributed by atoms with Crippen molar-refractivity contribution >= 4 is 23.5 Å². The third-order valence-corrected chi connectivity index (χ3v) is 5.87. The molecule has 0 saturated carbocycles. The first-order chi connectivity index (χ1) is 8.22. The van der Waals surface area contributed by atoms with E-state index in [0.717, 1.165) is 17.1 Å². The van der Waals surface area contributed by atoms with Crippen molar-refractivity contribution in [2.45, 2.75) is 18.2 Å². The Bertz CT molecular complexity index is 378. The molecule has 1 aliphatic rings. The molecule has 2 nitrogen and oxygen atoms in total. The van der Waals surface area contributed by atoms with Crippen molar-refractivity contribution in [3.8, 4) is 5.75 Å². The fourth-order valence-electron chi connectivity index (χ4n) is 2.03. The molecule has 2 N–H and O–H groups in total. The molecule has 4 heteroatoms. The fraction of sp³-hybridized carbons (Fsp3) is 0.538. The third-order valence-electron chi connectivity index (χ3n) is 2.99. The molecule has 1 heterocycles. The second kappa shape index (κ2) is 6.03. The van der Waals surface area contributed by atoms with Gasteiger partial charge in [0.25, 0.3) is 0 Å². The third kappa shape index (κ3) is 3.12. The van der Waals surface area contributed by atoms with E-state index >= 15 is 0 Å². The van der Waals surface area contributed by atoms with Gasteiger partial charge in [-0.2, -0.15) is 23.5 Å². The van der Waals surface area contributed by atoms with E-state index in [4.69, 9.17) is 10.5 Å². The summed E-state index contributed by atoms with van der Waals surface area (Å²) >= 11 is 3.99. The molecule has 0 amide bonds. The molecule has 94 valence electrons. The molecule has 1 aliphatic heterocycles. The van der Waals surface area contributed by atoms with Gasteiger partial charge in [0.15, 0.2) is 0 Å². The van der Waals surface area contributed by atoms with Crippen molar-refractivity contribution in [1.82, 2.24) is 0 Å². The van der Waals surface area contributed by atoms with Gasteiger partial charge in [-0.05, 0) is 13.0 Å². The maximum atomic E-state index is 6.40. The summed E-state index contributed by atoms with van der Waals surface area (Å²) in [6.07, 6.45) is 0. The van der Waals surface area contributed by atoms with Gasteiger partial charge in [-0.15, -0.1) is 0 Å². The van der Waals surface area contributed by atoms with Crippen LogP contribution in [-0.4, -0.2) is 29.6 Å². The number of aryl methyl sites for hydroxylation is 1. The van der Waals surface area contributed by atoms with Crippen LogP contribution in [0.25, 0.3) is 0 Å². The van der Waals surface area contributed by atoms with Gasteiger partial charge in [0.2, 0.25) is 0 Å². The minimum absolute atomic E-state index is 0.0719. The molecule has 1 aromatic rings. The van der Waals surface area contributed by atoms with E-state index in [2.05, 4.69) is 19.1 Å². The van der Waals surface area contributed by atoms with Crippen molar-refractivity contribution in [2.24, 2.45) is 5.73 Å². The Kier molecular flexibility index (Phi) is 4.65. The summed E-state index contributed by atoms with van der Waals surface area (Å²) in [5.41, 5.74) is 8.79. The second-order valence-corrected chi connectivity index (χ2v) is 6.75. The highest BCUT2D eigenvalue weighted by Crippen LogP contribution is 2.35. The quantitative estimate of drug-likeness (QED) is 0.915. The van der Waals surface area contributed by atoms with E-state index in [9.17, 15) is 0 Å². The van der Waals surface area contributed by atoms with Crippen LogP contribution in [0.1, 0.15) is 17.2 Å². The second-order valence-electron chi connectivity index (χ2n) is 4.26. The van der Waals surface area contributed by atoms with Crippen molar-refractivity contribution in [1.29, 1.82) is 0 Å². The lowest BCUT2D eigenvalue weighted by atomic mass is 10.0. The fourth-order valence-corrected chi connectivity index (χ4v) is 4.82. The Balaban J connectivity index is 2.21. The van der Waals surface area contributed by atoms with Crippen LogP contribution >= 0.6 is 23.5 Å². The number of nitrogens with two attached hydrogens (primary N) is 1. The topological polar surface area (TPSA) is 35.2 Å². The van der Waals surface area contributed by atoms with Crippen LogP contribution < -0.4 is 10.5 Å². The van der Waals surface area contributed by atoms with Crippen molar-refractivity contribution < 1.29 is 4.74 Å². The Morgan fingerprint density at radius 1 is 1.41 bits per heavy atom. The number of thioether (sulfide) groups is 2. The predicted octanol–water partition coefficient (Wildman–Crippen LogP) is 2.85. The van der Waals surface area contributed by atoms with Crippen molar-refractivity contribution in [2.75, 3.05) is 24.4 Å². The van der Waals surface area contributed by atoms with Crippen LogP contribution in [0.3, 0.4) is 0 Å². The zero-order valence-corrected chi connectivity index (χ0v) is 11.9. The van der Waals surface area contributed by atoms with Gasteiger partial charge in [0.05, 0.1) is 7.11 Å². The lowest BCUT2D eigenvalue weighted by Gasteiger charge is -2.28. The van der Waals surface area contributed by atoms with Gasteiger partial charge in [0.1, 0.15) is 5.75 Å². The number of rotatable bonds is 3. The highest BCUT2D eigenvalue weighted by Gasteiger charge is 2.25. The van der Waals surface area contributed by atoms with Crippen molar-refractivity contribution in [3.05, 3.63) is 29.3 Å². The summed E-state index contributed by atoms with van der Waals surface area (Å²) in [5.74, 6) is 4.51. The van der Waals surface area contributed by atoms with Crippen LogP contribution in [0.15, 0.2) is 18.2 Å². The number of ether oxygens (including phenoxy) is 1. The van der Waals surface area contributed by atoms with Gasteiger partial charge in [-0.3, -0.25) is 0 Å². The lowest BCUT2D eigenvalue weighted by molar-refractivity contribution is 0.405. The summed E-state index contributed by atoms with van der Waals surface area (Å²) < 4.78 is 5.42. The molecular formula is C13H19NOS2. The molecule has 1 saturated heterocycles. The number of hydrogen-bond acceptors (Lipinski definition) is 4. The molecule has 2 rings (SSSR count). The van der Waals surface area contributed by atoms with E-state index < -0.39 is 0 Å². The van der Waals surface area contributed by atoms with E-state index in [1.165, 1.54) is 17.1 Å². The van der Waals surface area contributed by atoms with Crippen LogP contribution in [-0.2, 0) is 0 Å². The zero-order chi connectivity index (χ0) is 12.3. The first-order valence-corrected chi connectivity index (χ1v) is 8.02. The molecule has 0 spiro atoms. The monoisotopic (exact) mass is 269 g/mol. The minimum atomic E-state index is 0.0719. The molecular weight excluding hydrogens is 250 g/mol. The van der Waals surface area contributed by atoms with Gasteiger partial charge in [0, 0.05) is 34.1 Å². The molecule has 0 bridgehead atoms. The van der Waals surface area contributed by atoms with Crippen LogP contribution in [0.2, 0.25) is 0 Å². The lowest BCUT2D eigenvalue weighted by Crippen LogP contribution is -2.29. The largest absolute Gasteiger partial charge is 0.496 e. The van der Waals surface area contributed by atoms with E-state index in [-0.39, 0.29) is 6.04 Å². The van der Waals surface area contributed by atoms with Crippen LogP contribution in [0.5, 0.6) is 5.75 Å². The Morgan fingerprint density at radius 3 is 2.88 bits per heavy atom. The maximum absolute atomic E-state index is 6.40. The number of hydrogen-bond donors (Lipinski definition) is 1. The average molecular weight is 269 g/mol. The molecule has 0 aliphatic carbocycles. The average Bonchev–Trinajstić information content (AvgIpc) is 2.39. The Hall–Kier alpha value is -0.320. The maximum Gasteiger partial charge on any atom is 0.123 e. The summed E-state index contributed by atoms with van der Waals surface area (Å²) in [7, 11) is 1.71. The Morgan fingerprint density at radius 2 is 2.24 bits per heavy atom. The standard InChI is InChI=1S/C13H19NOS2/c1-9-3-4-11(15-2)10(7-9)13(14)12-8-16-5-6-17-12/h3-4,7,12-13H,5-6,8,14H2,1-2H3. The van der Waals surface area contributed by atoms with Gasteiger partial charge >= 0.3 is 0 Å². The van der Waals surface area contributed by atoms with Crippen molar-refractivity contribution in [3.63, 3.8) is 0 Å². The Labute approximate surface area is 112 Å². The van der Waals surface area contributed by atoms with Gasteiger partial charge < -0.3 is 10.5 Å². The summed E-state index contributed by atoms with van der Waals surface area (Å²) in [6, 6.07) is 6.31. The van der Waals surface area contributed by atoms with Gasteiger partial charge in [-0.1, -0.05) is 17.7 Å². The number of benzene rings is 1. The highest BCUT2D eigenvalue weighted by molar-refractivity contribution is 8.06. The zero-order valence-electron chi connectivity index (χ0n) is 10.3. The first kappa shape index (κ1) is 13.1.